The van der Waals surface area contributed by atoms with E-state index in [1.807, 2.05) is 24.3 Å². The quantitative estimate of drug-likeness (QED) is 0.293. The molecule has 0 spiro atoms. The van der Waals surface area contributed by atoms with Crippen molar-refractivity contribution in [1.29, 1.82) is 5.26 Å². The Morgan fingerprint density at radius 3 is 2.41 bits per heavy atom. The van der Waals surface area contributed by atoms with E-state index in [1.54, 1.807) is 12.1 Å². The maximum absolute atomic E-state index is 13.5. The molecule has 3 fully saturated rings. The van der Waals surface area contributed by atoms with Crippen molar-refractivity contribution in [3.8, 4) is 27.5 Å². The van der Waals surface area contributed by atoms with Crippen molar-refractivity contribution in [2.24, 2.45) is 11.3 Å². The summed E-state index contributed by atoms with van der Waals surface area (Å²) < 4.78 is 43.3. The molecule has 2 aliphatic carbocycles. The summed E-state index contributed by atoms with van der Waals surface area (Å²) in [4.78, 5) is 21.5. The molecule has 3 aliphatic rings. The van der Waals surface area contributed by atoms with E-state index in [2.05, 4.69) is 11.0 Å². The minimum absolute atomic E-state index is 0.0745. The second-order valence-corrected chi connectivity index (χ2v) is 14.7. The van der Waals surface area contributed by atoms with Gasteiger partial charge in [0, 0.05) is 37.0 Å². The highest BCUT2D eigenvalue weighted by Gasteiger charge is 2.47. The molecule has 2 atom stereocenters. The Labute approximate surface area is 243 Å². The molecule has 0 unspecified atom stereocenters. The van der Waals surface area contributed by atoms with Crippen molar-refractivity contribution in [1.82, 2.24) is 4.98 Å². The average Bonchev–Trinajstić information content (AvgIpc) is 3.63. The van der Waals surface area contributed by atoms with Crippen LogP contribution in [0.5, 0.6) is 10.9 Å². The molecular formula is C31H32FN3O4S2. The Bertz CT molecular complexity index is 1560. The minimum Gasteiger partial charge on any atom is -0.431 e. The van der Waals surface area contributed by atoms with Gasteiger partial charge in [0.25, 0.3) is 5.19 Å². The number of carbonyl (C=O) groups is 1. The molecule has 0 radical (unpaired) electrons. The van der Waals surface area contributed by atoms with E-state index in [0.717, 1.165) is 60.3 Å². The summed E-state index contributed by atoms with van der Waals surface area (Å²) >= 11 is 1.41. The maximum Gasteiger partial charge on any atom is 0.279 e. The fourth-order valence-electron chi connectivity index (χ4n) is 6.00. The first kappa shape index (κ1) is 27.9. The van der Waals surface area contributed by atoms with E-state index in [1.165, 1.54) is 23.5 Å². The third-order valence-electron chi connectivity index (χ3n) is 8.63. The zero-order chi connectivity index (χ0) is 28.6. The lowest BCUT2D eigenvalue weighted by Crippen LogP contribution is -2.40. The van der Waals surface area contributed by atoms with E-state index in [4.69, 9.17) is 9.72 Å². The summed E-state index contributed by atoms with van der Waals surface area (Å²) in [6.45, 7) is 0.943. The van der Waals surface area contributed by atoms with E-state index in [-0.39, 0.29) is 34.9 Å². The van der Waals surface area contributed by atoms with E-state index < -0.39 is 15.3 Å². The number of anilines is 1. The lowest BCUT2D eigenvalue weighted by atomic mass is 9.73. The second kappa shape index (κ2) is 11.2. The van der Waals surface area contributed by atoms with Gasteiger partial charge in [0.15, 0.2) is 9.84 Å². The number of ketones is 1. The third kappa shape index (κ3) is 6.16. The largest absolute Gasteiger partial charge is 0.431 e. The van der Waals surface area contributed by atoms with Crippen LogP contribution in [0, 0.1) is 28.5 Å². The molecule has 0 amide bonds. The predicted octanol–water partition coefficient (Wildman–Crippen LogP) is 6.51. The van der Waals surface area contributed by atoms with Crippen LogP contribution >= 0.6 is 11.3 Å². The fraction of sp³-hybridized carbons (Fsp3) is 0.452. The van der Waals surface area contributed by atoms with Gasteiger partial charge in [-0.2, -0.15) is 5.26 Å². The molecule has 3 aromatic rings. The molecule has 214 valence electrons. The van der Waals surface area contributed by atoms with Crippen molar-refractivity contribution in [2.45, 2.75) is 50.9 Å². The molecular weight excluding hydrogens is 561 g/mol. The first-order valence-corrected chi connectivity index (χ1v) is 16.8. The molecule has 2 heterocycles. The number of benzene rings is 2. The highest BCUT2D eigenvalue weighted by molar-refractivity contribution is 7.91. The Morgan fingerprint density at radius 1 is 1.07 bits per heavy atom. The number of Topliss-reactive ketones (excluding diaryl/α,β-unsaturated/α-hetero) is 1. The number of ether oxygens (including phenoxy) is 1. The van der Waals surface area contributed by atoms with Crippen LogP contribution in [0.3, 0.4) is 0 Å². The van der Waals surface area contributed by atoms with Crippen molar-refractivity contribution >= 4 is 32.6 Å². The van der Waals surface area contributed by atoms with Gasteiger partial charge in [0.05, 0.1) is 33.6 Å². The first-order chi connectivity index (χ1) is 19.7. The highest BCUT2D eigenvalue weighted by atomic mass is 32.2. The van der Waals surface area contributed by atoms with Gasteiger partial charge in [-0.25, -0.2) is 17.8 Å². The van der Waals surface area contributed by atoms with E-state index >= 15 is 0 Å². The van der Waals surface area contributed by atoms with Gasteiger partial charge in [-0.3, -0.25) is 4.79 Å². The number of hydrogen-bond acceptors (Lipinski definition) is 8. The topological polar surface area (TPSA) is 100 Å². The van der Waals surface area contributed by atoms with Crippen molar-refractivity contribution < 1.29 is 22.3 Å². The number of nitriles is 1. The summed E-state index contributed by atoms with van der Waals surface area (Å²) in [5, 5.41) is 10.0. The monoisotopic (exact) mass is 593 g/mol. The molecule has 2 saturated carbocycles. The van der Waals surface area contributed by atoms with Gasteiger partial charge in [-0.05, 0) is 67.6 Å². The number of rotatable bonds is 8. The molecule has 1 aromatic heterocycles. The number of thiazole rings is 1. The summed E-state index contributed by atoms with van der Waals surface area (Å²) in [6.07, 6.45) is 5.49. The van der Waals surface area contributed by atoms with Gasteiger partial charge < -0.3 is 9.64 Å². The summed E-state index contributed by atoms with van der Waals surface area (Å²) in [7, 11) is -2.97. The number of nitrogens with zero attached hydrogens (tertiary/aromatic N) is 3. The highest BCUT2D eigenvalue weighted by Crippen LogP contribution is 2.52. The van der Waals surface area contributed by atoms with E-state index in [9.17, 15) is 22.9 Å². The molecule has 10 heteroatoms. The minimum atomic E-state index is -2.97. The number of sulfone groups is 1. The van der Waals surface area contributed by atoms with Gasteiger partial charge in [0.1, 0.15) is 17.3 Å². The molecule has 0 N–H and O–H groups in total. The summed E-state index contributed by atoms with van der Waals surface area (Å²) in [5.41, 5.74) is 2.27. The molecule has 6 rings (SSSR count). The number of hydrogen-bond donors (Lipinski definition) is 0. The predicted molar refractivity (Wildman–Crippen MR) is 156 cm³/mol. The number of halogens is 1. The number of carbonyl (C=O) groups excluding carboxylic acids is 1. The fourth-order valence-corrected chi connectivity index (χ4v) is 8.21. The zero-order valence-corrected chi connectivity index (χ0v) is 24.4. The first-order valence-electron chi connectivity index (χ1n) is 14.2. The van der Waals surface area contributed by atoms with Gasteiger partial charge in [-0.15, -0.1) is 0 Å². The standard InChI is InChI=1S/C31H32FN3O4S2/c32-22-7-11-24(12-8-22)39-30-34-28(26-4-2-1-3-25(26)27(36)19-31(20-33)13-14-31)29(40-30)21-5-9-23(10-6-21)35-15-17-41(37,38)18-16-35/h5-12,25-26H,1-4,13-19H2/t25-,26-/m1/s1. The van der Waals surface area contributed by atoms with Crippen LogP contribution in [0.25, 0.3) is 10.4 Å². The van der Waals surface area contributed by atoms with Gasteiger partial charge in [-0.1, -0.05) is 36.3 Å². The van der Waals surface area contributed by atoms with Crippen LogP contribution in [0.1, 0.15) is 56.6 Å². The normalized spacial score (nSPS) is 23.0. The molecule has 41 heavy (non-hydrogen) atoms. The number of aromatic nitrogens is 1. The SMILES string of the molecule is N#CC1(CC(=O)[C@@H]2CCCC[C@H]2c2nc(Oc3ccc(F)cc3)sc2-c2ccc(N3CCS(=O)(=O)CC3)cc2)CC1. The third-order valence-corrected chi connectivity index (χ3v) is 11.2. The molecule has 1 aliphatic heterocycles. The zero-order valence-electron chi connectivity index (χ0n) is 22.7. The molecule has 1 saturated heterocycles. The van der Waals surface area contributed by atoms with Crippen LogP contribution in [0.4, 0.5) is 10.1 Å². The Kier molecular flexibility index (Phi) is 7.60. The van der Waals surface area contributed by atoms with E-state index in [0.29, 0.717) is 30.5 Å². The van der Waals surface area contributed by atoms with Crippen molar-refractivity contribution in [2.75, 3.05) is 29.5 Å². The lowest BCUT2D eigenvalue weighted by molar-refractivity contribution is -0.125. The van der Waals surface area contributed by atoms with Crippen LogP contribution in [0.2, 0.25) is 0 Å². The van der Waals surface area contributed by atoms with Crippen LogP contribution < -0.4 is 9.64 Å². The van der Waals surface area contributed by atoms with Gasteiger partial charge >= 0.3 is 0 Å². The molecule has 7 nitrogen and oxygen atoms in total. The summed E-state index contributed by atoms with van der Waals surface area (Å²) in [6, 6.07) is 16.2. The Balaban J connectivity index is 1.32. The van der Waals surface area contributed by atoms with Crippen LogP contribution in [0.15, 0.2) is 48.5 Å². The Morgan fingerprint density at radius 2 is 1.76 bits per heavy atom. The van der Waals surface area contributed by atoms with Crippen molar-refractivity contribution in [3.63, 3.8) is 0 Å². The van der Waals surface area contributed by atoms with Gasteiger partial charge in [0.2, 0.25) is 0 Å². The smallest absolute Gasteiger partial charge is 0.279 e. The average molecular weight is 594 g/mol. The second-order valence-electron chi connectivity index (χ2n) is 11.5. The maximum atomic E-state index is 13.5. The summed E-state index contributed by atoms with van der Waals surface area (Å²) in [5.74, 6) is 0.333. The molecule has 0 bridgehead atoms. The molecule has 2 aromatic carbocycles. The van der Waals surface area contributed by atoms with Crippen LogP contribution in [-0.2, 0) is 14.6 Å². The van der Waals surface area contributed by atoms with Crippen molar-refractivity contribution in [3.05, 3.63) is 60.0 Å². The Hall–Kier alpha value is -3.29. The lowest BCUT2D eigenvalue weighted by Gasteiger charge is -2.31. The van der Waals surface area contributed by atoms with Crippen LogP contribution in [-0.4, -0.2) is 43.8 Å².